The molecule has 216 valence electrons. The van der Waals surface area contributed by atoms with E-state index in [1.54, 1.807) is 0 Å². The third kappa shape index (κ3) is 46.8. The molecular formula is C32H63KO4. The third-order valence-electron chi connectivity index (χ3n) is 4.22. The molecule has 0 rings (SSSR count). The minimum atomic E-state index is -5.13. The molecule has 0 amide bonds. The Morgan fingerprint density at radius 1 is 0.595 bits per heavy atom. The average molecular weight is 584 g/mol. The molecule has 0 unspecified atom stereocenters. The fourth-order valence-electron chi connectivity index (χ4n) is 2.58. The van der Waals surface area contributed by atoms with Crippen LogP contribution in [0.25, 0.3) is 0 Å². The Bertz CT molecular complexity index is 1690. The van der Waals surface area contributed by atoms with E-state index in [1.807, 2.05) is 0 Å². The van der Waals surface area contributed by atoms with Crippen LogP contribution in [0.2, 0.25) is 0 Å². The molecule has 0 aliphatic rings. The number of hydrogen-bond donors (Lipinski definition) is 1. The second-order valence-electron chi connectivity index (χ2n) is 7.16. The Labute approximate surface area is 320 Å². The number of hydrogen-bond acceptors (Lipinski definition) is 3. The maximum absolute atomic E-state index is 11.3. The van der Waals surface area contributed by atoms with Crippen molar-refractivity contribution in [1.29, 1.82) is 0 Å². The normalized spacial score (nSPS) is 29.8. The van der Waals surface area contributed by atoms with E-state index in [0.29, 0.717) is 6.42 Å². The van der Waals surface area contributed by atoms with Gasteiger partial charge in [-0.25, -0.2) is 0 Å². The molecule has 0 atom stereocenters. The van der Waals surface area contributed by atoms with Gasteiger partial charge in [-0.05, 0) is 19.2 Å². The summed E-state index contributed by atoms with van der Waals surface area (Å²) >= 11 is 0. The van der Waals surface area contributed by atoms with Gasteiger partial charge in [0.2, 0.25) is 0 Å². The molecule has 0 aliphatic carbocycles. The number of carboxylic acid groups (broad SMARTS) is 2. The third-order valence-corrected chi connectivity index (χ3v) is 4.22. The van der Waals surface area contributed by atoms with Gasteiger partial charge in [0.25, 0.3) is 0 Å². The Kier molecular flexibility index (Phi) is 11.5. The Morgan fingerprint density at radius 3 is 1.30 bits per heavy atom. The van der Waals surface area contributed by atoms with Crippen LogP contribution >= 0.6 is 0 Å². The smallest absolute Gasteiger partial charge is 0.550 e. The second-order valence-corrected chi connectivity index (χ2v) is 7.16. The van der Waals surface area contributed by atoms with Crippen molar-refractivity contribution in [2.24, 2.45) is 0 Å². The van der Waals surface area contributed by atoms with Crippen LogP contribution in [0.4, 0.5) is 0 Å². The minimum Gasteiger partial charge on any atom is -0.550 e. The van der Waals surface area contributed by atoms with Crippen molar-refractivity contribution < 1.29 is 116 Å². The molecule has 0 saturated carbocycles. The molecule has 5 heteroatoms. The van der Waals surface area contributed by atoms with E-state index in [-0.39, 0.29) is 57.8 Å². The molecule has 1 N–H and O–H groups in total. The van der Waals surface area contributed by atoms with Crippen molar-refractivity contribution in [2.45, 2.75) is 193 Å². The number of carbonyl (C=O) groups is 2. The van der Waals surface area contributed by atoms with E-state index in [1.165, 1.54) is 57.8 Å². The molecule has 0 aromatic carbocycles. The van der Waals surface area contributed by atoms with Gasteiger partial charge < -0.3 is 15.0 Å². The first-order valence-electron chi connectivity index (χ1n) is 28.4. The van der Waals surface area contributed by atoms with Crippen molar-refractivity contribution in [3.05, 3.63) is 0 Å². The van der Waals surface area contributed by atoms with Crippen LogP contribution in [0, 0.1) is 0 Å². The monoisotopic (exact) mass is 584 g/mol. The van der Waals surface area contributed by atoms with Gasteiger partial charge in [0, 0.05) is 57.6 Å². The SMILES string of the molecule is [2H]C([2H])(CCCCCCCCCCCCCC)C(=O)[O-].[2H]C([2H])([2H])C([2H])([2H])C([2H])([2H])C([2H])([2H])C([2H])([2H])C([2H])([2H])C([2H])([2H])C([2H])([2H])C([2H])([2H])C([2H])([2H])C([2H])([2H])C([2H])([2H])C([2H])([2H])C([2H])([2H])C([2H])([2H])C(=O)O.[K+]. The first kappa shape index (κ1) is 11.0. The van der Waals surface area contributed by atoms with Gasteiger partial charge in [-0.15, -0.1) is 0 Å². The predicted molar refractivity (Wildman–Crippen MR) is 153 cm³/mol. The molecule has 0 spiro atoms. The summed E-state index contributed by atoms with van der Waals surface area (Å²) < 4.78 is 258. The van der Waals surface area contributed by atoms with Crippen LogP contribution < -0.4 is 56.5 Å². The Hall–Kier alpha value is 0.576. The van der Waals surface area contributed by atoms with E-state index >= 15 is 0 Å². The number of carboxylic acids is 2. The summed E-state index contributed by atoms with van der Waals surface area (Å²) in [5.41, 5.74) is 0. The Balaban J connectivity index is -0.00000179. The largest absolute Gasteiger partial charge is 1.00 e. The summed E-state index contributed by atoms with van der Waals surface area (Å²) in [7, 11) is 0. The van der Waals surface area contributed by atoms with E-state index in [0.717, 1.165) is 12.8 Å². The van der Waals surface area contributed by atoms with Gasteiger partial charge in [-0.3, -0.25) is 4.79 Å². The number of carbonyl (C=O) groups excluding carboxylic acids is 1. The van der Waals surface area contributed by atoms with E-state index in [2.05, 4.69) is 6.92 Å². The summed E-state index contributed by atoms with van der Waals surface area (Å²) in [6.45, 7) is -1.87. The molecule has 0 aromatic heterocycles. The van der Waals surface area contributed by atoms with Crippen LogP contribution in [0.1, 0.15) is 238 Å². The van der Waals surface area contributed by atoms with Crippen molar-refractivity contribution in [2.75, 3.05) is 0 Å². The van der Waals surface area contributed by atoms with Gasteiger partial charge >= 0.3 is 57.4 Å². The topological polar surface area (TPSA) is 77.4 Å². The summed E-state index contributed by atoms with van der Waals surface area (Å²) in [6.07, 6.45) is -55.9. The molecule has 0 saturated heterocycles. The predicted octanol–water partition coefficient (Wildman–Crippen LogP) is 6.77. The van der Waals surface area contributed by atoms with Crippen molar-refractivity contribution in [3.8, 4) is 0 Å². The number of unbranched alkanes of at least 4 members (excludes halogenated alkanes) is 11. The zero-order valence-electron chi connectivity index (χ0n) is 54.9. The first-order valence-corrected chi connectivity index (χ1v) is 11.9. The van der Waals surface area contributed by atoms with Crippen LogP contribution in [-0.4, -0.2) is 17.0 Å². The van der Waals surface area contributed by atoms with Crippen molar-refractivity contribution in [3.63, 3.8) is 0 Å². The van der Waals surface area contributed by atoms with Crippen LogP contribution in [0.15, 0.2) is 0 Å². The van der Waals surface area contributed by atoms with Crippen LogP contribution in [-0.2, 0) is 9.59 Å². The van der Waals surface area contributed by atoms with E-state index in [4.69, 9.17) is 50.3 Å². The zero-order valence-corrected chi connectivity index (χ0v) is 25.0. The van der Waals surface area contributed by atoms with Crippen LogP contribution in [0.3, 0.4) is 0 Å². The fraction of sp³-hybridized carbons (Fsp3) is 0.938. The maximum Gasteiger partial charge on any atom is 1.00 e. The molecule has 0 aromatic rings. The van der Waals surface area contributed by atoms with Crippen molar-refractivity contribution >= 4 is 11.9 Å². The average Bonchev–Trinajstić information content (AvgIpc) is 3.16. The standard InChI is InChI=1S/2C16H32O2.K/c2*1-2-3-4-5-6-7-8-9-10-11-12-13-14-15-16(17)18;/h2*2-15H2,1H3,(H,17,18);/q;;+1/p-1/i1D3,2D2,3D2,4D2,5D2,6D2,7D2,8D2,9D2,10D2,11D2,12D2,13D2,14D2,15D2;15D2;. The van der Waals surface area contributed by atoms with Gasteiger partial charge in [0.15, 0.2) is 0 Å². The Morgan fingerprint density at radius 2 is 0.946 bits per heavy atom. The summed E-state index contributed by atoms with van der Waals surface area (Å²) in [5.74, 6) is -4.35. The van der Waals surface area contributed by atoms with Gasteiger partial charge in [-0.1, -0.05) is 167 Å². The van der Waals surface area contributed by atoms with Crippen molar-refractivity contribution in [1.82, 2.24) is 0 Å². The fourth-order valence-corrected chi connectivity index (χ4v) is 2.58. The molecule has 37 heavy (non-hydrogen) atoms. The molecule has 0 fully saturated rings. The molecule has 0 radical (unpaired) electrons. The summed E-state index contributed by atoms with van der Waals surface area (Å²) in [5, 5.41) is 19.5. The number of aliphatic carboxylic acids is 2. The summed E-state index contributed by atoms with van der Waals surface area (Å²) in [4.78, 5) is 21.8. The molecular weight excluding hydrogens is 487 g/mol. The first-order chi connectivity index (χ1) is 29.9. The zero-order chi connectivity index (χ0) is 56.3. The molecule has 0 bridgehead atoms. The molecule has 0 aliphatic heterocycles. The molecule has 0 heterocycles. The van der Waals surface area contributed by atoms with Crippen LogP contribution in [0.5, 0.6) is 0 Å². The van der Waals surface area contributed by atoms with E-state index < -0.39 is 114 Å². The van der Waals surface area contributed by atoms with E-state index in [9.17, 15) is 14.7 Å². The maximum atomic E-state index is 11.3. The molecule has 4 nitrogen and oxygen atoms in total. The van der Waals surface area contributed by atoms with Gasteiger partial charge in [0.1, 0.15) is 0 Å². The number of rotatable bonds is 28. The van der Waals surface area contributed by atoms with Gasteiger partial charge in [-0.2, -0.15) is 0 Å². The summed E-state index contributed by atoms with van der Waals surface area (Å²) in [6, 6.07) is 0. The second kappa shape index (κ2) is 38.7. The quantitative estimate of drug-likeness (QED) is 0.0814. The minimum absolute atomic E-state index is 0. The van der Waals surface area contributed by atoms with Gasteiger partial charge in [0.05, 0.1) is 0 Å².